The Hall–Kier alpha value is -1.42. The third-order valence-corrected chi connectivity index (χ3v) is 5.55. The van der Waals surface area contributed by atoms with Crippen LogP contribution in [0.4, 0.5) is 13.2 Å². The summed E-state index contributed by atoms with van der Waals surface area (Å²) in [6, 6.07) is 5.34. The third kappa shape index (κ3) is 4.15. The lowest BCUT2D eigenvalue weighted by Crippen LogP contribution is -2.42. The Morgan fingerprint density at radius 3 is 2.42 bits per heavy atom. The van der Waals surface area contributed by atoms with Crippen molar-refractivity contribution in [1.29, 1.82) is 0 Å². The molecule has 0 aliphatic carbocycles. The average Bonchev–Trinajstić information content (AvgIpc) is 2.53. The molecule has 24 heavy (non-hydrogen) atoms. The number of halogens is 3. The molecule has 1 aliphatic heterocycles. The Morgan fingerprint density at radius 1 is 1.29 bits per heavy atom. The van der Waals surface area contributed by atoms with Crippen molar-refractivity contribution in [3.05, 3.63) is 35.9 Å². The van der Waals surface area contributed by atoms with Crippen molar-refractivity contribution in [1.82, 2.24) is 5.32 Å². The Morgan fingerprint density at radius 2 is 1.92 bits per heavy atom. The van der Waals surface area contributed by atoms with Crippen molar-refractivity contribution in [2.24, 2.45) is 0 Å². The van der Waals surface area contributed by atoms with Crippen LogP contribution in [0.5, 0.6) is 0 Å². The zero-order chi connectivity index (χ0) is 18.0. The number of benzene rings is 1. The van der Waals surface area contributed by atoms with Crippen LogP contribution in [0.25, 0.3) is 6.08 Å². The minimum absolute atomic E-state index is 0.0240. The second-order valence-corrected chi connectivity index (χ2v) is 7.68. The molecule has 2 rings (SSSR count). The van der Waals surface area contributed by atoms with E-state index in [1.54, 1.807) is 0 Å². The number of aliphatic hydroxyl groups is 1. The van der Waals surface area contributed by atoms with Crippen molar-refractivity contribution in [2.45, 2.75) is 29.0 Å². The Balaban J connectivity index is 2.16. The number of alkyl halides is 3. The summed E-state index contributed by atoms with van der Waals surface area (Å²) in [5.41, 5.74) is -3.61. The standard InChI is InChI=1S/C15H18F3NO4S/c1-14(20,15(16,17)18)7-6-11-2-4-12(5-3-11)24(21,22)13-10-19-8-9-23-13/h2-7,13,19-20H,8-10H2,1H3. The van der Waals surface area contributed by atoms with E-state index < -0.39 is 27.1 Å². The van der Waals surface area contributed by atoms with Gasteiger partial charge in [0, 0.05) is 13.1 Å². The molecule has 0 radical (unpaired) electrons. The van der Waals surface area contributed by atoms with E-state index in [1.807, 2.05) is 0 Å². The molecule has 1 heterocycles. The van der Waals surface area contributed by atoms with Crippen LogP contribution in [0.1, 0.15) is 12.5 Å². The van der Waals surface area contributed by atoms with Crippen LogP contribution in [0, 0.1) is 0 Å². The van der Waals surface area contributed by atoms with E-state index in [2.05, 4.69) is 5.32 Å². The maximum Gasteiger partial charge on any atom is 0.420 e. The Bertz CT molecular complexity index is 690. The van der Waals surface area contributed by atoms with Crippen molar-refractivity contribution in [3.63, 3.8) is 0 Å². The maximum atomic E-state index is 12.6. The molecule has 1 saturated heterocycles. The summed E-state index contributed by atoms with van der Waals surface area (Å²) in [5, 5.41) is 12.3. The fraction of sp³-hybridized carbons (Fsp3) is 0.467. The van der Waals surface area contributed by atoms with Gasteiger partial charge in [-0.15, -0.1) is 0 Å². The summed E-state index contributed by atoms with van der Waals surface area (Å²) in [6.07, 6.45) is -3.09. The predicted octanol–water partition coefficient (Wildman–Crippen LogP) is 1.73. The topological polar surface area (TPSA) is 75.6 Å². The second-order valence-electron chi connectivity index (χ2n) is 5.60. The summed E-state index contributed by atoms with van der Waals surface area (Å²) >= 11 is 0. The van der Waals surface area contributed by atoms with Gasteiger partial charge in [-0.2, -0.15) is 13.2 Å². The fourth-order valence-corrected chi connectivity index (χ4v) is 3.45. The van der Waals surface area contributed by atoms with Gasteiger partial charge in [0.2, 0.25) is 9.84 Å². The molecule has 0 saturated carbocycles. The number of nitrogens with one attached hydrogen (secondary N) is 1. The van der Waals surface area contributed by atoms with Crippen LogP contribution < -0.4 is 5.32 Å². The first-order valence-electron chi connectivity index (χ1n) is 7.19. The summed E-state index contributed by atoms with van der Waals surface area (Å²) in [4.78, 5) is 0.0240. The lowest BCUT2D eigenvalue weighted by atomic mass is 10.0. The van der Waals surface area contributed by atoms with Crippen LogP contribution in [-0.4, -0.2) is 50.4 Å². The zero-order valence-corrected chi connectivity index (χ0v) is 13.7. The molecule has 2 unspecified atom stereocenters. The van der Waals surface area contributed by atoms with Crippen LogP contribution >= 0.6 is 0 Å². The minimum atomic E-state index is -4.79. The van der Waals surface area contributed by atoms with E-state index in [9.17, 15) is 26.7 Å². The van der Waals surface area contributed by atoms with E-state index in [4.69, 9.17) is 4.74 Å². The molecule has 1 aliphatic rings. The van der Waals surface area contributed by atoms with Gasteiger partial charge < -0.3 is 15.2 Å². The molecule has 1 fully saturated rings. The molecule has 1 aromatic carbocycles. The normalized spacial score (nSPS) is 22.5. The van der Waals surface area contributed by atoms with Gasteiger partial charge in [-0.25, -0.2) is 8.42 Å². The van der Waals surface area contributed by atoms with E-state index >= 15 is 0 Å². The lowest BCUT2D eigenvalue weighted by molar-refractivity contribution is -0.232. The SMILES string of the molecule is CC(O)(C=Cc1ccc(S(=O)(=O)C2CNCCO2)cc1)C(F)(F)F. The number of ether oxygens (including phenoxy) is 1. The van der Waals surface area contributed by atoms with Crippen molar-refractivity contribution in [2.75, 3.05) is 19.7 Å². The quantitative estimate of drug-likeness (QED) is 0.850. The van der Waals surface area contributed by atoms with E-state index in [1.165, 1.54) is 24.3 Å². The van der Waals surface area contributed by atoms with Gasteiger partial charge >= 0.3 is 6.18 Å². The van der Waals surface area contributed by atoms with Crippen LogP contribution in [0.3, 0.4) is 0 Å². The smallest absolute Gasteiger partial charge is 0.377 e. The van der Waals surface area contributed by atoms with E-state index in [0.29, 0.717) is 25.1 Å². The first-order chi connectivity index (χ1) is 11.0. The van der Waals surface area contributed by atoms with E-state index in [-0.39, 0.29) is 18.0 Å². The largest absolute Gasteiger partial charge is 0.420 e. The minimum Gasteiger partial charge on any atom is -0.377 e. The van der Waals surface area contributed by atoms with Crippen LogP contribution in [-0.2, 0) is 14.6 Å². The lowest BCUT2D eigenvalue weighted by Gasteiger charge is -2.23. The molecular formula is C15H18F3NO4S. The number of sulfone groups is 1. The second kappa shape index (κ2) is 6.83. The molecule has 9 heteroatoms. The molecule has 2 N–H and O–H groups in total. The maximum absolute atomic E-state index is 12.6. The fourth-order valence-electron chi connectivity index (χ4n) is 2.01. The molecular weight excluding hydrogens is 347 g/mol. The van der Waals surface area contributed by atoms with Gasteiger partial charge in [0.15, 0.2) is 11.0 Å². The highest BCUT2D eigenvalue weighted by Crippen LogP contribution is 2.31. The highest BCUT2D eigenvalue weighted by atomic mass is 32.2. The van der Waals surface area contributed by atoms with E-state index in [0.717, 1.165) is 6.08 Å². The first kappa shape index (κ1) is 18.9. The summed E-state index contributed by atoms with van der Waals surface area (Å²) in [7, 11) is -3.68. The molecule has 0 amide bonds. The molecule has 1 aromatic rings. The Kier molecular flexibility index (Phi) is 5.38. The van der Waals surface area contributed by atoms with Gasteiger partial charge in [-0.1, -0.05) is 18.2 Å². The molecule has 0 aromatic heterocycles. The highest BCUT2D eigenvalue weighted by Gasteiger charge is 2.47. The Labute approximate surface area is 138 Å². The zero-order valence-electron chi connectivity index (χ0n) is 12.9. The molecule has 2 atom stereocenters. The highest BCUT2D eigenvalue weighted by molar-refractivity contribution is 7.92. The number of morpholine rings is 1. The monoisotopic (exact) mass is 365 g/mol. The average molecular weight is 365 g/mol. The molecule has 134 valence electrons. The first-order valence-corrected chi connectivity index (χ1v) is 8.73. The van der Waals surface area contributed by atoms with Gasteiger partial charge in [0.1, 0.15) is 0 Å². The number of hydrogen-bond donors (Lipinski definition) is 2. The van der Waals surface area contributed by atoms with Gasteiger partial charge in [-0.05, 0) is 30.7 Å². The number of rotatable bonds is 4. The molecule has 0 spiro atoms. The van der Waals surface area contributed by atoms with Gasteiger partial charge in [0.05, 0.1) is 11.5 Å². The predicted molar refractivity (Wildman–Crippen MR) is 82.0 cm³/mol. The van der Waals surface area contributed by atoms with Crippen LogP contribution in [0.2, 0.25) is 0 Å². The summed E-state index contributed by atoms with van der Waals surface area (Å²) in [5.74, 6) is 0. The summed E-state index contributed by atoms with van der Waals surface area (Å²) in [6.45, 7) is 1.68. The van der Waals surface area contributed by atoms with Gasteiger partial charge in [0.25, 0.3) is 0 Å². The van der Waals surface area contributed by atoms with Gasteiger partial charge in [-0.3, -0.25) is 0 Å². The summed E-state index contributed by atoms with van der Waals surface area (Å²) < 4.78 is 67.7. The van der Waals surface area contributed by atoms with Crippen LogP contribution in [0.15, 0.2) is 35.2 Å². The molecule has 5 nitrogen and oxygen atoms in total. The van der Waals surface area contributed by atoms with Crippen molar-refractivity contribution < 1.29 is 31.4 Å². The molecule has 0 bridgehead atoms. The number of hydrogen-bond acceptors (Lipinski definition) is 5. The van der Waals surface area contributed by atoms with Crippen molar-refractivity contribution >= 4 is 15.9 Å². The van der Waals surface area contributed by atoms with Crippen molar-refractivity contribution in [3.8, 4) is 0 Å². The third-order valence-electron chi connectivity index (χ3n) is 3.62.